The highest BCUT2D eigenvalue weighted by Gasteiger charge is 2.28. The van der Waals surface area contributed by atoms with Crippen molar-refractivity contribution in [1.29, 1.82) is 0 Å². The Morgan fingerprint density at radius 3 is 2.50 bits per heavy atom. The molecule has 0 aliphatic heterocycles. The largest absolute Gasteiger partial charge is 0.385 e. The Labute approximate surface area is 85.5 Å². The van der Waals surface area contributed by atoms with Crippen LogP contribution in [0.15, 0.2) is 24.3 Å². The predicted octanol–water partition coefficient (Wildman–Crippen LogP) is 2.45. The van der Waals surface area contributed by atoms with E-state index in [1.54, 1.807) is 7.11 Å². The number of aryl methyl sites for hydroxylation is 1. The van der Waals surface area contributed by atoms with E-state index in [1.165, 1.54) is 0 Å². The van der Waals surface area contributed by atoms with Gasteiger partial charge in [0.1, 0.15) is 6.10 Å². The molecule has 0 heterocycles. The van der Waals surface area contributed by atoms with Gasteiger partial charge in [-0.05, 0) is 26.3 Å². The third kappa shape index (κ3) is 2.34. The fourth-order valence-electron chi connectivity index (χ4n) is 1.35. The van der Waals surface area contributed by atoms with Crippen molar-refractivity contribution in [2.45, 2.75) is 32.5 Å². The zero-order valence-electron chi connectivity index (χ0n) is 9.24. The molecule has 0 aliphatic rings. The first-order valence-corrected chi connectivity index (χ1v) is 4.77. The van der Waals surface area contributed by atoms with Gasteiger partial charge in [0.05, 0.1) is 5.60 Å². The van der Waals surface area contributed by atoms with Crippen LogP contribution in [0.25, 0.3) is 0 Å². The highest BCUT2D eigenvalue weighted by Crippen LogP contribution is 2.28. The van der Waals surface area contributed by atoms with Crippen molar-refractivity contribution >= 4 is 0 Å². The summed E-state index contributed by atoms with van der Waals surface area (Å²) in [6.07, 6.45) is -0.590. The molecular weight excluding hydrogens is 176 g/mol. The summed E-state index contributed by atoms with van der Waals surface area (Å²) in [6.45, 7) is 5.76. The predicted molar refractivity (Wildman–Crippen MR) is 57.2 cm³/mol. The van der Waals surface area contributed by atoms with Gasteiger partial charge in [0.25, 0.3) is 0 Å². The number of ether oxygens (including phenoxy) is 1. The summed E-state index contributed by atoms with van der Waals surface area (Å²) < 4.78 is 5.24. The number of methoxy groups -OCH3 is 1. The zero-order valence-corrected chi connectivity index (χ0v) is 9.24. The molecule has 1 atom stereocenters. The van der Waals surface area contributed by atoms with Gasteiger partial charge in [0, 0.05) is 7.11 Å². The van der Waals surface area contributed by atoms with Gasteiger partial charge < -0.3 is 9.84 Å². The lowest BCUT2D eigenvalue weighted by Gasteiger charge is -2.29. The average molecular weight is 194 g/mol. The van der Waals surface area contributed by atoms with Crippen LogP contribution in [0, 0.1) is 6.92 Å². The molecule has 0 radical (unpaired) electrons. The fraction of sp³-hybridized carbons (Fsp3) is 0.500. The van der Waals surface area contributed by atoms with Gasteiger partial charge >= 0.3 is 0 Å². The summed E-state index contributed by atoms with van der Waals surface area (Å²) in [5.74, 6) is 0. The molecule has 1 aromatic rings. The van der Waals surface area contributed by atoms with Crippen LogP contribution >= 0.6 is 0 Å². The van der Waals surface area contributed by atoms with Gasteiger partial charge in [-0.25, -0.2) is 0 Å². The lowest BCUT2D eigenvalue weighted by molar-refractivity contribution is -0.0793. The number of aliphatic hydroxyl groups is 1. The third-order valence-corrected chi connectivity index (χ3v) is 2.54. The van der Waals surface area contributed by atoms with Gasteiger partial charge in [-0.15, -0.1) is 0 Å². The van der Waals surface area contributed by atoms with E-state index in [2.05, 4.69) is 0 Å². The second kappa shape index (κ2) is 4.11. The number of rotatable bonds is 3. The minimum Gasteiger partial charge on any atom is -0.385 e. The molecule has 1 unspecified atom stereocenters. The van der Waals surface area contributed by atoms with E-state index in [4.69, 9.17) is 4.74 Å². The van der Waals surface area contributed by atoms with E-state index >= 15 is 0 Å². The van der Waals surface area contributed by atoms with E-state index in [0.717, 1.165) is 11.1 Å². The Hall–Kier alpha value is -0.860. The number of hydrogen-bond donors (Lipinski definition) is 1. The SMILES string of the molecule is COC(C)(C)C(O)c1cccc(C)c1. The minimum atomic E-state index is -0.590. The molecule has 0 amide bonds. The first-order chi connectivity index (χ1) is 6.47. The maximum Gasteiger partial charge on any atom is 0.107 e. The lowest BCUT2D eigenvalue weighted by atomic mass is 9.94. The van der Waals surface area contributed by atoms with Gasteiger partial charge in [-0.1, -0.05) is 29.8 Å². The van der Waals surface area contributed by atoms with Crippen LogP contribution < -0.4 is 0 Å². The monoisotopic (exact) mass is 194 g/mol. The molecule has 78 valence electrons. The Balaban J connectivity index is 2.94. The van der Waals surface area contributed by atoms with Crippen molar-refractivity contribution in [3.63, 3.8) is 0 Å². The Kier molecular flexibility index (Phi) is 3.29. The molecule has 0 aliphatic carbocycles. The quantitative estimate of drug-likeness (QED) is 0.801. The summed E-state index contributed by atoms with van der Waals surface area (Å²) in [7, 11) is 1.61. The first-order valence-electron chi connectivity index (χ1n) is 4.77. The summed E-state index contributed by atoms with van der Waals surface area (Å²) in [5.41, 5.74) is 1.50. The van der Waals surface area contributed by atoms with Crippen LogP contribution in [-0.2, 0) is 4.74 Å². The molecule has 0 aromatic heterocycles. The van der Waals surface area contributed by atoms with E-state index in [1.807, 2.05) is 45.0 Å². The van der Waals surface area contributed by atoms with Crippen molar-refractivity contribution in [2.24, 2.45) is 0 Å². The molecule has 2 nitrogen and oxygen atoms in total. The second-order valence-corrected chi connectivity index (χ2v) is 4.12. The fourth-order valence-corrected chi connectivity index (χ4v) is 1.35. The smallest absolute Gasteiger partial charge is 0.107 e. The number of aliphatic hydroxyl groups excluding tert-OH is 1. The van der Waals surface area contributed by atoms with Crippen molar-refractivity contribution < 1.29 is 9.84 Å². The van der Waals surface area contributed by atoms with Crippen LogP contribution in [0.3, 0.4) is 0 Å². The number of hydrogen-bond acceptors (Lipinski definition) is 2. The molecule has 14 heavy (non-hydrogen) atoms. The van der Waals surface area contributed by atoms with E-state index < -0.39 is 11.7 Å². The Bertz CT molecular complexity index is 305. The van der Waals surface area contributed by atoms with Crippen molar-refractivity contribution in [2.75, 3.05) is 7.11 Å². The van der Waals surface area contributed by atoms with Crippen LogP contribution in [0.5, 0.6) is 0 Å². The lowest BCUT2D eigenvalue weighted by Crippen LogP contribution is -2.31. The van der Waals surface area contributed by atoms with Crippen LogP contribution in [0.2, 0.25) is 0 Å². The molecule has 0 saturated carbocycles. The molecule has 0 fully saturated rings. The summed E-state index contributed by atoms with van der Waals surface area (Å²) in [6, 6.07) is 7.85. The maximum atomic E-state index is 10.0. The van der Waals surface area contributed by atoms with Crippen molar-refractivity contribution in [3.05, 3.63) is 35.4 Å². The van der Waals surface area contributed by atoms with Gasteiger partial charge in [0.15, 0.2) is 0 Å². The second-order valence-electron chi connectivity index (χ2n) is 4.12. The standard InChI is InChI=1S/C12H18O2/c1-9-6-5-7-10(8-9)11(13)12(2,3)14-4/h5-8,11,13H,1-4H3. The highest BCUT2D eigenvalue weighted by atomic mass is 16.5. The Morgan fingerprint density at radius 1 is 1.36 bits per heavy atom. The summed E-state index contributed by atoms with van der Waals surface area (Å²) in [5, 5.41) is 10.0. The third-order valence-electron chi connectivity index (χ3n) is 2.54. The maximum absolute atomic E-state index is 10.0. The Morgan fingerprint density at radius 2 is 2.00 bits per heavy atom. The highest BCUT2D eigenvalue weighted by molar-refractivity contribution is 5.25. The molecule has 0 saturated heterocycles. The molecule has 0 bridgehead atoms. The minimum absolute atomic E-state index is 0.548. The number of benzene rings is 1. The topological polar surface area (TPSA) is 29.5 Å². The summed E-state index contributed by atoms with van der Waals surface area (Å²) in [4.78, 5) is 0. The van der Waals surface area contributed by atoms with E-state index in [0.29, 0.717) is 0 Å². The van der Waals surface area contributed by atoms with Crippen molar-refractivity contribution in [3.8, 4) is 0 Å². The zero-order chi connectivity index (χ0) is 10.8. The van der Waals surface area contributed by atoms with Crippen LogP contribution in [-0.4, -0.2) is 17.8 Å². The molecule has 1 aromatic carbocycles. The first kappa shape index (κ1) is 11.2. The van der Waals surface area contributed by atoms with Crippen molar-refractivity contribution in [1.82, 2.24) is 0 Å². The van der Waals surface area contributed by atoms with Crippen LogP contribution in [0.4, 0.5) is 0 Å². The molecular formula is C12H18O2. The molecule has 1 rings (SSSR count). The van der Waals surface area contributed by atoms with Crippen LogP contribution in [0.1, 0.15) is 31.1 Å². The molecule has 1 N–H and O–H groups in total. The van der Waals surface area contributed by atoms with Gasteiger partial charge in [-0.2, -0.15) is 0 Å². The van der Waals surface area contributed by atoms with E-state index in [9.17, 15) is 5.11 Å². The van der Waals surface area contributed by atoms with Gasteiger partial charge in [-0.3, -0.25) is 0 Å². The van der Waals surface area contributed by atoms with Gasteiger partial charge in [0.2, 0.25) is 0 Å². The summed E-state index contributed by atoms with van der Waals surface area (Å²) >= 11 is 0. The average Bonchev–Trinajstić information content (AvgIpc) is 2.16. The normalized spacial score (nSPS) is 14.1. The van der Waals surface area contributed by atoms with E-state index in [-0.39, 0.29) is 0 Å². The molecule has 2 heteroatoms. The molecule has 0 spiro atoms.